The van der Waals surface area contributed by atoms with Gasteiger partial charge < -0.3 is 4.74 Å². The van der Waals surface area contributed by atoms with Crippen LogP contribution in [0, 0.1) is 0 Å². The van der Waals surface area contributed by atoms with E-state index in [0.29, 0.717) is 11.4 Å². The molecule has 0 spiro atoms. The van der Waals surface area contributed by atoms with Crippen LogP contribution < -0.4 is 10.2 Å². The number of aromatic nitrogens is 2. The maximum Gasteiger partial charge on any atom is 0.289 e. The zero-order valence-corrected chi connectivity index (χ0v) is 14.9. The molecule has 0 radical (unpaired) electrons. The molecule has 0 atom stereocenters. The summed E-state index contributed by atoms with van der Waals surface area (Å²) >= 11 is 3.42. The summed E-state index contributed by atoms with van der Waals surface area (Å²) in [6.07, 6.45) is 1.57. The van der Waals surface area contributed by atoms with Gasteiger partial charge in [-0.25, -0.2) is 5.43 Å². The maximum absolute atomic E-state index is 12.1. The van der Waals surface area contributed by atoms with E-state index in [1.54, 1.807) is 19.4 Å². The molecule has 0 aliphatic rings. The molecule has 7 heteroatoms. The van der Waals surface area contributed by atoms with Crippen LogP contribution in [0.2, 0.25) is 0 Å². The number of amides is 1. The lowest BCUT2D eigenvalue weighted by atomic mass is 10.1. The quantitative estimate of drug-likeness (QED) is 0.508. The molecule has 126 valence electrons. The van der Waals surface area contributed by atoms with E-state index in [1.807, 2.05) is 48.5 Å². The number of carbonyl (C=O) groups excluding carboxylic acids is 1. The van der Waals surface area contributed by atoms with Gasteiger partial charge in [-0.1, -0.05) is 34.1 Å². The molecule has 0 saturated carbocycles. The van der Waals surface area contributed by atoms with Crippen LogP contribution >= 0.6 is 15.9 Å². The molecule has 0 fully saturated rings. The SMILES string of the molecule is COc1ccc(-c2cc(C(=O)N/N=C\c3ccccc3Br)[nH]n2)cc1. The van der Waals surface area contributed by atoms with Crippen LogP contribution in [0.4, 0.5) is 0 Å². The van der Waals surface area contributed by atoms with Gasteiger partial charge in [0, 0.05) is 15.6 Å². The second kappa shape index (κ2) is 7.76. The molecule has 1 amide bonds. The first kappa shape index (κ1) is 16.9. The lowest BCUT2D eigenvalue weighted by Crippen LogP contribution is -2.18. The fraction of sp³-hybridized carbons (Fsp3) is 0.0556. The van der Waals surface area contributed by atoms with Crippen LogP contribution in [0.5, 0.6) is 5.75 Å². The van der Waals surface area contributed by atoms with E-state index in [-0.39, 0.29) is 5.91 Å². The Morgan fingerprint density at radius 2 is 2.00 bits per heavy atom. The Bertz CT molecular complexity index is 903. The number of hydrogen-bond donors (Lipinski definition) is 2. The molecule has 0 saturated heterocycles. The number of aromatic amines is 1. The number of rotatable bonds is 5. The molecule has 25 heavy (non-hydrogen) atoms. The van der Waals surface area contributed by atoms with Crippen molar-refractivity contribution in [1.82, 2.24) is 15.6 Å². The maximum atomic E-state index is 12.1. The van der Waals surface area contributed by atoms with Crippen LogP contribution in [-0.4, -0.2) is 29.4 Å². The average molecular weight is 399 g/mol. The minimum Gasteiger partial charge on any atom is -0.497 e. The number of nitrogens with one attached hydrogen (secondary N) is 2. The minimum absolute atomic E-state index is 0.329. The second-order valence-corrected chi connectivity index (χ2v) is 5.97. The van der Waals surface area contributed by atoms with E-state index in [2.05, 4.69) is 36.7 Å². The molecular formula is C18H15BrN4O2. The number of carbonyl (C=O) groups is 1. The first-order valence-electron chi connectivity index (χ1n) is 7.45. The molecule has 2 aromatic carbocycles. The Hall–Kier alpha value is -2.93. The number of hydrogen-bond acceptors (Lipinski definition) is 4. The van der Waals surface area contributed by atoms with Crippen molar-refractivity contribution in [3.63, 3.8) is 0 Å². The van der Waals surface area contributed by atoms with Crippen LogP contribution in [-0.2, 0) is 0 Å². The summed E-state index contributed by atoms with van der Waals surface area (Å²) in [7, 11) is 1.61. The van der Waals surface area contributed by atoms with Crippen LogP contribution in [0.15, 0.2) is 64.2 Å². The summed E-state index contributed by atoms with van der Waals surface area (Å²) in [5, 5.41) is 10.8. The number of halogens is 1. The highest BCUT2D eigenvalue weighted by atomic mass is 79.9. The van der Waals surface area contributed by atoms with Gasteiger partial charge >= 0.3 is 0 Å². The first-order chi connectivity index (χ1) is 12.2. The van der Waals surface area contributed by atoms with Crippen molar-refractivity contribution >= 4 is 28.1 Å². The standard InChI is InChI=1S/C18H15BrN4O2/c1-25-14-8-6-12(7-9-14)16-10-17(22-21-16)18(24)23-20-11-13-4-2-3-5-15(13)19/h2-11H,1H3,(H,21,22)(H,23,24)/b20-11-. The molecule has 3 aromatic rings. The molecule has 0 unspecified atom stereocenters. The lowest BCUT2D eigenvalue weighted by molar-refractivity contribution is 0.0950. The van der Waals surface area contributed by atoms with Gasteiger partial charge in [0.1, 0.15) is 11.4 Å². The third-order valence-corrected chi connectivity index (χ3v) is 4.21. The molecule has 2 N–H and O–H groups in total. The summed E-state index contributed by atoms with van der Waals surface area (Å²) in [5.41, 5.74) is 5.22. The van der Waals surface area contributed by atoms with Gasteiger partial charge in [-0.15, -0.1) is 0 Å². The normalized spacial score (nSPS) is 10.8. The Kier molecular flexibility index (Phi) is 5.25. The van der Waals surface area contributed by atoms with Crippen molar-refractivity contribution in [1.29, 1.82) is 0 Å². The summed E-state index contributed by atoms with van der Waals surface area (Å²) in [6.45, 7) is 0. The largest absolute Gasteiger partial charge is 0.497 e. The van der Waals surface area contributed by atoms with Gasteiger partial charge in [0.2, 0.25) is 0 Å². The van der Waals surface area contributed by atoms with E-state index in [4.69, 9.17) is 4.74 Å². The molecule has 0 aliphatic heterocycles. The predicted octanol–water partition coefficient (Wildman–Crippen LogP) is 3.61. The van der Waals surface area contributed by atoms with E-state index < -0.39 is 0 Å². The molecule has 0 aliphatic carbocycles. The predicted molar refractivity (Wildman–Crippen MR) is 99.8 cm³/mol. The number of nitrogens with zero attached hydrogens (tertiary/aromatic N) is 2. The van der Waals surface area contributed by atoms with Gasteiger partial charge in [-0.3, -0.25) is 9.89 Å². The fourth-order valence-corrected chi connectivity index (χ4v) is 2.54. The van der Waals surface area contributed by atoms with Crippen molar-refractivity contribution < 1.29 is 9.53 Å². The smallest absolute Gasteiger partial charge is 0.289 e. The Morgan fingerprint density at radius 1 is 1.24 bits per heavy atom. The molecular weight excluding hydrogens is 384 g/mol. The van der Waals surface area contributed by atoms with Gasteiger partial charge in [0.15, 0.2) is 0 Å². The minimum atomic E-state index is -0.365. The van der Waals surface area contributed by atoms with Gasteiger partial charge in [0.25, 0.3) is 5.91 Å². The average Bonchev–Trinajstić information content (AvgIpc) is 3.13. The number of hydrazone groups is 1. The van der Waals surface area contributed by atoms with Crippen molar-refractivity contribution in [3.8, 4) is 17.0 Å². The van der Waals surface area contributed by atoms with Crippen molar-refractivity contribution in [3.05, 3.63) is 70.3 Å². The van der Waals surface area contributed by atoms with Crippen LogP contribution in [0.3, 0.4) is 0 Å². The highest BCUT2D eigenvalue weighted by Crippen LogP contribution is 2.21. The summed E-state index contributed by atoms with van der Waals surface area (Å²) in [5.74, 6) is 0.397. The van der Waals surface area contributed by atoms with Gasteiger partial charge in [-0.2, -0.15) is 10.2 Å². The molecule has 1 aromatic heterocycles. The Labute approximate surface area is 153 Å². The van der Waals surface area contributed by atoms with Crippen molar-refractivity contribution in [2.45, 2.75) is 0 Å². The summed E-state index contributed by atoms with van der Waals surface area (Å²) in [6, 6.07) is 16.7. The summed E-state index contributed by atoms with van der Waals surface area (Å²) in [4.78, 5) is 12.1. The zero-order chi connectivity index (χ0) is 17.6. The van der Waals surface area contributed by atoms with E-state index in [1.165, 1.54) is 0 Å². The van der Waals surface area contributed by atoms with Crippen molar-refractivity contribution in [2.24, 2.45) is 5.10 Å². The van der Waals surface area contributed by atoms with Crippen molar-refractivity contribution in [2.75, 3.05) is 7.11 Å². The number of benzene rings is 2. The number of methoxy groups -OCH3 is 1. The Morgan fingerprint density at radius 3 is 2.72 bits per heavy atom. The fourth-order valence-electron chi connectivity index (χ4n) is 2.15. The lowest BCUT2D eigenvalue weighted by Gasteiger charge is -2.00. The van der Waals surface area contributed by atoms with E-state index in [9.17, 15) is 4.79 Å². The number of ether oxygens (including phenoxy) is 1. The molecule has 1 heterocycles. The third-order valence-electron chi connectivity index (χ3n) is 3.48. The highest BCUT2D eigenvalue weighted by Gasteiger charge is 2.10. The van der Waals surface area contributed by atoms with Gasteiger partial charge in [-0.05, 0) is 36.4 Å². The Balaban J connectivity index is 1.67. The topological polar surface area (TPSA) is 79.4 Å². The molecule has 3 rings (SSSR count). The van der Waals surface area contributed by atoms with Crippen LogP contribution in [0.25, 0.3) is 11.3 Å². The van der Waals surface area contributed by atoms with Crippen LogP contribution in [0.1, 0.15) is 16.1 Å². The van der Waals surface area contributed by atoms with E-state index >= 15 is 0 Å². The monoisotopic (exact) mass is 398 g/mol. The summed E-state index contributed by atoms with van der Waals surface area (Å²) < 4.78 is 6.03. The zero-order valence-electron chi connectivity index (χ0n) is 13.4. The van der Waals surface area contributed by atoms with Gasteiger partial charge in [0.05, 0.1) is 19.0 Å². The number of H-pyrrole nitrogens is 1. The first-order valence-corrected chi connectivity index (χ1v) is 8.24. The molecule has 0 bridgehead atoms. The highest BCUT2D eigenvalue weighted by molar-refractivity contribution is 9.10. The van der Waals surface area contributed by atoms with E-state index in [0.717, 1.165) is 21.3 Å². The second-order valence-electron chi connectivity index (χ2n) is 5.12. The molecule has 6 nitrogen and oxygen atoms in total. The third kappa shape index (κ3) is 4.13.